The zero-order chi connectivity index (χ0) is 19.3. The Morgan fingerprint density at radius 1 is 1.22 bits per heavy atom. The molecule has 1 aromatic heterocycles. The van der Waals surface area contributed by atoms with Crippen molar-refractivity contribution in [3.05, 3.63) is 35.9 Å². The smallest absolute Gasteiger partial charge is 0.231 e. The van der Waals surface area contributed by atoms with Gasteiger partial charge in [0.1, 0.15) is 11.6 Å². The van der Waals surface area contributed by atoms with Crippen LogP contribution >= 0.6 is 0 Å². The van der Waals surface area contributed by atoms with Gasteiger partial charge in [0.2, 0.25) is 15.9 Å². The van der Waals surface area contributed by atoms with Gasteiger partial charge in [-0.3, -0.25) is 9.52 Å². The van der Waals surface area contributed by atoms with Gasteiger partial charge in [-0.25, -0.2) is 13.4 Å². The summed E-state index contributed by atoms with van der Waals surface area (Å²) >= 11 is 0. The van der Waals surface area contributed by atoms with E-state index in [0.717, 1.165) is 28.5 Å². The van der Waals surface area contributed by atoms with Gasteiger partial charge >= 0.3 is 0 Å². The van der Waals surface area contributed by atoms with E-state index in [1.165, 1.54) is 7.11 Å². The second kappa shape index (κ2) is 5.98. The molecule has 4 rings (SSSR count). The number of nitrogens with one attached hydrogen (secondary N) is 3. The molecule has 1 aliphatic rings. The SMILES string of the molecule is COc1cc(NS(C)(=O)=O)ccc1-c1nc2cc3c(cc2[nH]1)C(C)C(=O)N3. The summed E-state index contributed by atoms with van der Waals surface area (Å²) in [5.74, 6) is 0.855. The van der Waals surface area contributed by atoms with Crippen LogP contribution in [0.2, 0.25) is 0 Å². The number of carbonyl (C=O) groups is 1. The van der Waals surface area contributed by atoms with Crippen LogP contribution in [0.15, 0.2) is 30.3 Å². The normalized spacial score (nSPS) is 16.3. The molecule has 0 saturated heterocycles. The molecule has 0 radical (unpaired) electrons. The van der Waals surface area contributed by atoms with Crippen molar-refractivity contribution in [1.29, 1.82) is 0 Å². The minimum atomic E-state index is -3.38. The summed E-state index contributed by atoms with van der Waals surface area (Å²) < 4.78 is 30.7. The average Bonchev–Trinajstić information content (AvgIpc) is 3.12. The van der Waals surface area contributed by atoms with Crippen LogP contribution in [0.5, 0.6) is 5.75 Å². The van der Waals surface area contributed by atoms with Gasteiger partial charge in [0.25, 0.3) is 0 Å². The summed E-state index contributed by atoms with van der Waals surface area (Å²) in [5, 5.41) is 2.86. The first-order valence-corrected chi connectivity index (χ1v) is 10.1. The minimum Gasteiger partial charge on any atom is -0.496 e. The molecule has 1 atom stereocenters. The number of fused-ring (bicyclic) bond motifs is 2. The Labute approximate surface area is 156 Å². The van der Waals surface area contributed by atoms with Crippen molar-refractivity contribution >= 4 is 38.3 Å². The van der Waals surface area contributed by atoms with Crippen LogP contribution in [-0.4, -0.2) is 37.7 Å². The second-order valence-corrected chi connectivity index (χ2v) is 8.29. The van der Waals surface area contributed by atoms with Crippen LogP contribution in [0.25, 0.3) is 22.4 Å². The largest absolute Gasteiger partial charge is 0.496 e. The summed E-state index contributed by atoms with van der Waals surface area (Å²) in [5.41, 5.74) is 4.35. The third kappa shape index (κ3) is 3.10. The number of hydrogen-bond donors (Lipinski definition) is 3. The van der Waals surface area contributed by atoms with E-state index >= 15 is 0 Å². The number of imidazole rings is 1. The summed E-state index contributed by atoms with van der Waals surface area (Å²) in [4.78, 5) is 19.7. The van der Waals surface area contributed by atoms with Gasteiger partial charge in [0.05, 0.1) is 41.6 Å². The quantitative estimate of drug-likeness (QED) is 0.638. The number of ether oxygens (including phenoxy) is 1. The number of anilines is 2. The van der Waals surface area contributed by atoms with Gasteiger partial charge in [0.15, 0.2) is 0 Å². The lowest BCUT2D eigenvalue weighted by Gasteiger charge is -2.09. The number of aromatic nitrogens is 2. The van der Waals surface area contributed by atoms with Crippen molar-refractivity contribution in [3.8, 4) is 17.1 Å². The number of benzene rings is 2. The molecule has 2 aromatic carbocycles. The van der Waals surface area contributed by atoms with Crippen LogP contribution in [-0.2, 0) is 14.8 Å². The number of carbonyl (C=O) groups excluding carboxylic acids is 1. The van der Waals surface area contributed by atoms with Gasteiger partial charge in [-0.1, -0.05) is 0 Å². The van der Waals surface area contributed by atoms with Crippen molar-refractivity contribution in [3.63, 3.8) is 0 Å². The number of aromatic amines is 1. The summed E-state index contributed by atoms with van der Waals surface area (Å²) in [6.07, 6.45) is 1.09. The van der Waals surface area contributed by atoms with E-state index in [4.69, 9.17) is 4.74 Å². The van der Waals surface area contributed by atoms with Crippen LogP contribution in [0.4, 0.5) is 11.4 Å². The Kier molecular flexibility index (Phi) is 3.84. The van der Waals surface area contributed by atoms with Crippen LogP contribution in [0, 0.1) is 0 Å². The van der Waals surface area contributed by atoms with Crippen LogP contribution < -0.4 is 14.8 Å². The summed E-state index contributed by atoms with van der Waals surface area (Å²) in [7, 11) is -1.87. The topological polar surface area (TPSA) is 113 Å². The highest BCUT2D eigenvalue weighted by Gasteiger charge is 2.27. The predicted molar refractivity (Wildman–Crippen MR) is 104 cm³/mol. The maximum Gasteiger partial charge on any atom is 0.231 e. The van der Waals surface area contributed by atoms with Crippen molar-refractivity contribution in [2.24, 2.45) is 0 Å². The first-order valence-electron chi connectivity index (χ1n) is 8.26. The Bertz CT molecular complexity index is 1180. The molecule has 1 unspecified atom stereocenters. The summed E-state index contributed by atoms with van der Waals surface area (Å²) in [6.45, 7) is 1.86. The van der Waals surface area contributed by atoms with Gasteiger partial charge in [-0.05, 0) is 36.8 Å². The maximum absolute atomic E-state index is 11.8. The van der Waals surface area contributed by atoms with E-state index in [1.807, 2.05) is 19.1 Å². The van der Waals surface area contributed by atoms with Gasteiger partial charge in [-0.2, -0.15) is 0 Å². The average molecular weight is 386 g/mol. The molecular formula is C18H18N4O4S. The van der Waals surface area contributed by atoms with E-state index < -0.39 is 10.0 Å². The number of nitrogens with zero attached hydrogens (tertiary/aromatic N) is 1. The lowest BCUT2D eigenvalue weighted by atomic mass is 10.0. The van der Waals surface area contributed by atoms with Crippen molar-refractivity contribution in [1.82, 2.24) is 9.97 Å². The van der Waals surface area contributed by atoms with E-state index in [1.54, 1.807) is 18.2 Å². The zero-order valence-electron chi connectivity index (χ0n) is 15.0. The fourth-order valence-corrected chi connectivity index (χ4v) is 3.77. The number of hydrogen-bond acceptors (Lipinski definition) is 5. The Morgan fingerprint density at radius 2 is 2.00 bits per heavy atom. The molecular weight excluding hydrogens is 368 g/mol. The van der Waals surface area contributed by atoms with E-state index in [2.05, 4.69) is 20.0 Å². The van der Waals surface area contributed by atoms with Crippen molar-refractivity contribution in [2.75, 3.05) is 23.4 Å². The molecule has 3 N–H and O–H groups in total. The number of H-pyrrole nitrogens is 1. The third-order valence-corrected chi connectivity index (χ3v) is 5.14. The zero-order valence-corrected chi connectivity index (χ0v) is 15.8. The van der Waals surface area contributed by atoms with Crippen LogP contribution in [0.3, 0.4) is 0 Å². The molecule has 1 amide bonds. The molecule has 2 heterocycles. The highest BCUT2D eigenvalue weighted by atomic mass is 32.2. The Hall–Kier alpha value is -3.07. The lowest BCUT2D eigenvalue weighted by Crippen LogP contribution is -2.09. The number of rotatable bonds is 4. The fraction of sp³-hybridized carbons (Fsp3) is 0.222. The standard InChI is InChI=1S/C18H18N4O4S/c1-9-12-7-14-15(8-13(12)21-18(9)23)20-17(19-14)11-5-4-10(6-16(11)26-2)22-27(3,24)25/h4-9,22H,1-3H3,(H,19,20)(H,21,23). The molecule has 1 aliphatic heterocycles. The van der Waals surface area contributed by atoms with E-state index in [-0.39, 0.29) is 11.8 Å². The van der Waals surface area contributed by atoms with Gasteiger partial charge in [0, 0.05) is 11.8 Å². The molecule has 9 heteroatoms. The monoisotopic (exact) mass is 386 g/mol. The second-order valence-electron chi connectivity index (χ2n) is 6.54. The maximum atomic E-state index is 11.8. The molecule has 0 spiro atoms. The Balaban J connectivity index is 1.77. The first kappa shape index (κ1) is 17.3. The number of methoxy groups -OCH3 is 1. The molecule has 0 fully saturated rings. The van der Waals surface area contributed by atoms with Crippen molar-refractivity contribution in [2.45, 2.75) is 12.8 Å². The summed E-state index contributed by atoms with van der Waals surface area (Å²) in [6, 6.07) is 8.76. The Morgan fingerprint density at radius 3 is 2.70 bits per heavy atom. The lowest BCUT2D eigenvalue weighted by molar-refractivity contribution is -0.116. The van der Waals surface area contributed by atoms with Gasteiger partial charge in [-0.15, -0.1) is 0 Å². The highest BCUT2D eigenvalue weighted by molar-refractivity contribution is 7.92. The number of sulfonamides is 1. The number of amides is 1. The van der Waals surface area contributed by atoms with Gasteiger partial charge < -0.3 is 15.0 Å². The first-order chi connectivity index (χ1) is 12.7. The fourth-order valence-electron chi connectivity index (χ4n) is 3.21. The highest BCUT2D eigenvalue weighted by Crippen LogP contribution is 2.37. The van der Waals surface area contributed by atoms with Crippen LogP contribution in [0.1, 0.15) is 18.4 Å². The minimum absolute atomic E-state index is 0.0199. The molecule has 0 aliphatic carbocycles. The van der Waals surface area contributed by atoms with E-state index in [9.17, 15) is 13.2 Å². The third-order valence-electron chi connectivity index (χ3n) is 4.53. The molecule has 140 valence electrons. The molecule has 27 heavy (non-hydrogen) atoms. The molecule has 0 bridgehead atoms. The van der Waals surface area contributed by atoms with Crippen molar-refractivity contribution < 1.29 is 17.9 Å². The molecule has 0 saturated carbocycles. The van der Waals surface area contributed by atoms with E-state index in [0.29, 0.717) is 22.8 Å². The molecule has 8 nitrogen and oxygen atoms in total. The molecule has 3 aromatic rings. The predicted octanol–water partition coefficient (Wildman–Crippen LogP) is 2.67.